The number of benzene rings is 2. The number of carbonyl (C=O) groups excluding carboxylic acids is 1. The fourth-order valence-corrected chi connectivity index (χ4v) is 4.54. The van der Waals surface area contributed by atoms with Crippen LogP contribution in [0.1, 0.15) is 44.8 Å². The molecule has 0 saturated heterocycles. The fourth-order valence-electron chi connectivity index (χ4n) is 3.60. The molecule has 4 rings (SSSR count). The smallest absolute Gasteiger partial charge is 0.276 e. The van der Waals surface area contributed by atoms with Crippen LogP contribution in [0.3, 0.4) is 0 Å². The topological polar surface area (TPSA) is 109 Å². The van der Waals surface area contributed by atoms with Crippen molar-refractivity contribution in [3.8, 4) is 5.75 Å². The molecule has 0 unspecified atom stereocenters. The van der Waals surface area contributed by atoms with Crippen molar-refractivity contribution in [1.82, 2.24) is 10.3 Å². The predicted molar refractivity (Wildman–Crippen MR) is 127 cm³/mol. The molecule has 0 spiro atoms. The van der Waals surface area contributed by atoms with Crippen molar-refractivity contribution < 1.29 is 14.5 Å². The molecule has 0 aromatic heterocycles. The van der Waals surface area contributed by atoms with E-state index in [0.717, 1.165) is 25.0 Å². The zero-order valence-electron chi connectivity index (χ0n) is 18.5. The van der Waals surface area contributed by atoms with E-state index in [4.69, 9.17) is 14.8 Å². The molecule has 0 fully saturated rings. The van der Waals surface area contributed by atoms with Gasteiger partial charge in [-0.1, -0.05) is 50.2 Å². The second kappa shape index (κ2) is 10.0. The summed E-state index contributed by atoms with van der Waals surface area (Å²) in [5.41, 5.74) is 0.770. The largest absolute Gasteiger partial charge is 0.493 e. The minimum atomic E-state index is -0.783. The van der Waals surface area contributed by atoms with Crippen molar-refractivity contribution in [3.63, 3.8) is 0 Å². The number of amidine groups is 1. The van der Waals surface area contributed by atoms with Crippen molar-refractivity contribution >= 4 is 34.2 Å². The Hall–Kier alpha value is -3.40. The van der Waals surface area contributed by atoms with E-state index >= 15 is 0 Å². The molecule has 9 nitrogen and oxygen atoms in total. The third kappa shape index (κ3) is 4.70. The number of thioether (sulfide) groups is 1. The molecule has 0 bridgehead atoms. The number of carbonyl (C=O) groups is 1. The van der Waals surface area contributed by atoms with Gasteiger partial charge in [0.25, 0.3) is 11.6 Å². The highest BCUT2D eigenvalue weighted by Crippen LogP contribution is 2.37. The Kier molecular flexibility index (Phi) is 6.93. The lowest BCUT2D eigenvalue weighted by Crippen LogP contribution is -2.50. The van der Waals surface area contributed by atoms with Gasteiger partial charge in [0, 0.05) is 28.7 Å². The van der Waals surface area contributed by atoms with Gasteiger partial charge in [-0.3, -0.25) is 25.2 Å². The number of amides is 1. The first kappa shape index (κ1) is 22.8. The lowest BCUT2D eigenvalue weighted by molar-refractivity contribution is -0.385. The van der Waals surface area contributed by atoms with E-state index in [1.165, 1.54) is 23.9 Å². The summed E-state index contributed by atoms with van der Waals surface area (Å²) in [4.78, 5) is 29.1. The van der Waals surface area contributed by atoms with Crippen molar-refractivity contribution in [2.75, 3.05) is 12.4 Å². The van der Waals surface area contributed by atoms with Gasteiger partial charge in [0.2, 0.25) is 0 Å². The fraction of sp³-hybridized carbons (Fsp3) is 0.348. The summed E-state index contributed by atoms with van der Waals surface area (Å²) in [6, 6.07) is 11.8. The summed E-state index contributed by atoms with van der Waals surface area (Å²) < 4.78 is 5.90. The molecule has 1 N–H and O–H groups in total. The van der Waals surface area contributed by atoms with Gasteiger partial charge in [-0.25, -0.2) is 5.01 Å². The van der Waals surface area contributed by atoms with Crippen LogP contribution in [-0.2, 0) is 4.79 Å². The number of rotatable bonds is 8. The maximum absolute atomic E-state index is 13.2. The number of nitro groups is 1. The van der Waals surface area contributed by atoms with Crippen LogP contribution in [0.4, 0.5) is 5.69 Å². The highest BCUT2D eigenvalue weighted by atomic mass is 32.2. The van der Waals surface area contributed by atoms with E-state index in [1.54, 1.807) is 11.1 Å². The van der Waals surface area contributed by atoms with Gasteiger partial charge in [0.05, 0.1) is 16.9 Å². The number of unbranched alkanes of at least 4 members (excludes halogenated alkanes) is 1. The van der Waals surface area contributed by atoms with E-state index in [1.807, 2.05) is 31.2 Å². The van der Waals surface area contributed by atoms with Gasteiger partial charge >= 0.3 is 0 Å². The van der Waals surface area contributed by atoms with Gasteiger partial charge in [0.1, 0.15) is 11.4 Å². The first-order valence-corrected chi connectivity index (χ1v) is 11.9. The van der Waals surface area contributed by atoms with E-state index < -0.39 is 11.1 Å². The van der Waals surface area contributed by atoms with Crippen LogP contribution in [0.15, 0.2) is 52.6 Å². The van der Waals surface area contributed by atoms with Crippen molar-refractivity contribution in [2.24, 2.45) is 10.1 Å². The molecule has 0 radical (unpaired) electrons. The summed E-state index contributed by atoms with van der Waals surface area (Å²) in [6.45, 7) is 4.54. The minimum absolute atomic E-state index is 0.0764. The van der Waals surface area contributed by atoms with Crippen LogP contribution in [0, 0.1) is 10.1 Å². The van der Waals surface area contributed by atoms with Crippen LogP contribution < -0.4 is 20.6 Å². The number of nitrogens with one attached hydrogen (secondary N) is 1. The Morgan fingerprint density at radius 1 is 1.21 bits per heavy atom. The lowest BCUT2D eigenvalue weighted by atomic mass is 10.1. The third-order valence-electron chi connectivity index (χ3n) is 5.20. The zero-order valence-corrected chi connectivity index (χ0v) is 19.3. The summed E-state index contributed by atoms with van der Waals surface area (Å²) in [5, 5.41) is 22.4. The SMILES string of the molecule is CCCCSC1=NN2C(=c3ccccc3=N[C@H]2c2cc([N+](=O)[O-])ccc2OCCC)C(=O)N1. The second-order valence-corrected chi connectivity index (χ2v) is 8.69. The molecule has 2 aromatic carbocycles. The van der Waals surface area contributed by atoms with Gasteiger partial charge < -0.3 is 4.74 Å². The molecule has 2 aliphatic rings. The highest BCUT2D eigenvalue weighted by molar-refractivity contribution is 8.13. The predicted octanol–water partition coefficient (Wildman–Crippen LogP) is 3.06. The summed E-state index contributed by atoms with van der Waals surface area (Å²) >= 11 is 1.47. The molecule has 10 heteroatoms. The first-order chi connectivity index (χ1) is 16.0. The standard InChI is InChI=1S/C23H25N5O4S/c1-3-5-13-33-23-25-22(29)20-16-8-6-7-9-18(16)24-21(27(20)26-23)17-14-15(28(30)31)10-11-19(17)32-12-4-2/h6-11,14,21H,3-5,12-13H2,1-2H3,(H,25,26,29)/t21-/m1/s1. The van der Waals surface area contributed by atoms with E-state index in [2.05, 4.69) is 12.2 Å². The van der Waals surface area contributed by atoms with E-state index in [9.17, 15) is 14.9 Å². The Balaban J connectivity index is 1.88. The number of hydrazone groups is 1. The maximum Gasteiger partial charge on any atom is 0.276 e. The Bertz CT molecular complexity index is 1230. The molecule has 33 heavy (non-hydrogen) atoms. The van der Waals surface area contributed by atoms with Gasteiger partial charge in [-0.2, -0.15) is 0 Å². The van der Waals surface area contributed by atoms with Crippen LogP contribution in [-0.4, -0.2) is 33.4 Å². The number of hydrogen-bond donors (Lipinski definition) is 1. The van der Waals surface area contributed by atoms with E-state index in [-0.39, 0.29) is 11.6 Å². The molecule has 2 heterocycles. The number of para-hydroxylation sites is 1. The molecule has 172 valence electrons. The Morgan fingerprint density at radius 2 is 2.03 bits per heavy atom. The Morgan fingerprint density at radius 3 is 2.79 bits per heavy atom. The number of ether oxygens (including phenoxy) is 1. The number of nitrogens with zero attached hydrogens (tertiary/aromatic N) is 4. The monoisotopic (exact) mass is 467 g/mol. The van der Waals surface area contributed by atoms with Crippen molar-refractivity contribution in [3.05, 3.63) is 68.7 Å². The summed E-state index contributed by atoms with van der Waals surface area (Å²) in [7, 11) is 0. The number of fused-ring (bicyclic) bond motifs is 2. The van der Waals surface area contributed by atoms with E-state index in [0.29, 0.717) is 39.4 Å². The zero-order chi connectivity index (χ0) is 23.4. The van der Waals surface area contributed by atoms with Crippen LogP contribution >= 0.6 is 11.8 Å². The van der Waals surface area contributed by atoms with Crippen LogP contribution in [0.5, 0.6) is 5.75 Å². The minimum Gasteiger partial charge on any atom is -0.493 e. The molecule has 1 amide bonds. The molecular weight excluding hydrogens is 442 g/mol. The summed E-state index contributed by atoms with van der Waals surface area (Å²) in [5.74, 6) is 1.02. The lowest BCUT2D eigenvalue weighted by Gasteiger charge is -2.34. The third-order valence-corrected chi connectivity index (χ3v) is 6.15. The van der Waals surface area contributed by atoms with Crippen molar-refractivity contribution in [1.29, 1.82) is 0 Å². The van der Waals surface area contributed by atoms with Gasteiger partial charge in [-0.15, -0.1) is 5.10 Å². The summed E-state index contributed by atoms with van der Waals surface area (Å²) in [6.07, 6.45) is 2.02. The Labute approximate surface area is 195 Å². The normalized spacial score (nSPS) is 16.8. The van der Waals surface area contributed by atoms with Crippen LogP contribution in [0.25, 0.3) is 5.70 Å². The average molecular weight is 468 g/mol. The average Bonchev–Trinajstić information content (AvgIpc) is 2.82. The first-order valence-electron chi connectivity index (χ1n) is 10.9. The molecule has 0 saturated carbocycles. The number of nitro benzene ring substituents is 1. The molecule has 1 atom stereocenters. The number of non-ortho nitro benzene ring substituents is 1. The van der Waals surface area contributed by atoms with Crippen LogP contribution in [0.2, 0.25) is 0 Å². The molecule has 2 aromatic rings. The molecular formula is C23H25N5O4S. The maximum atomic E-state index is 13.2. The van der Waals surface area contributed by atoms with Gasteiger partial charge in [0.15, 0.2) is 11.3 Å². The molecule has 0 aliphatic carbocycles. The molecule has 2 aliphatic heterocycles. The quantitative estimate of drug-likeness (QED) is 0.363. The van der Waals surface area contributed by atoms with Crippen molar-refractivity contribution in [2.45, 2.75) is 39.3 Å². The van der Waals surface area contributed by atoms with Gasteiger partial charge in [-0.05, 0) is 25.0 Å². The highest BCUT2D eigenvalue weighted by Gasteiger charge is 2.36. The second-order valence-electron chi connectivity index (χ2n) is 7.60. The number of hydrogen-bond acceptors (Lipinski definition) is 8.